The van der Waals surface area contributed by atoms with Crippen LogP contribution in [0.5, 0.6) is 0 Å². The van der Waals surface area contributed by atoms with Crippen molar-refractivity contribution in [3.8, 4) is 11.1 Å². The third-order valence-corrected chi connectivity index (χ3v) is 6.55. The molecule has 2 aliphatic rings. The van der Waals surface area contributed by atoms with Crippen molar-refractivity contribution in [3.63, 3.8) is 0 Å². The Bertz CT molecular complexity index is 1180. The van der Waals surface area contributed by atoms with E-state index in [0.29, 0.717) is 37.8 Å². The highest BCUT2D eigenvalue weighted by Crippen LogP contribution is 2.34. The van der Waals surface area contributed by atoms with E-state index in [1.165, 1.54) is 6.07 Å². The summed E-state index contributed by atoms with van der Waals surface area (Å²) >= 11 is 0. The molecule has 3 aromatic rings. The highest BCUT2D eigenvalue weighted by atomic mass is 19.1. The molecule has 1 saturated heterocycles. The molecular weight excluding hydrogens is 411 g/mol. The molecule has 168 valence electrons. The number of nitrogens with zero attached hydrogens (tertiary/aromatic N) is 5. The molecule has 2 aromatic heterocycles. The molecule has 1 atom stereocenters. The summed E-state index contributed by atoms with van der Waals surface area (Å²) in [5, 5.41) is 12.3. The molecule has 8 nitrogen and oxygen atoms in total. The van der Waals surface area contributed by atoms with E-state index in [1.54, 1.807) is 28.8 Å². The molecule has 1 fully saturated rings. The third kappa shape index (κ3) is 3.56. The number of hydrogen-bond donors (Lipinski definition) is 1. The van der Waals surface area contributed by atoms with Gasteiger partial charge < -0.3 is 15.0 Å². The predicted octanol–water partition coefficient (Wildman–Crippen LogP) is 3.34. The summed E-state index contributed by atoms with van der Waals surface area (Å²) in [5.41, 5.74) is 5.05. The van der Waals surface area contributed by atoms with E-state index in [2.05, 4.69) is 10.4 Å². The first-order chi connectivity index (χ1) is 15.4. The van der Waals surface area contributed by atoms with Crippen molar-refractivity contribution in [2.24, 2.45) is 7.05 Å². The summed E-state index contributed by atoms with van der Waals surface area (Å²) in [6, 6.07) is 5.30. The number of carbonyl (C=O) groups excluding carboxylic acids is 1. The van der Waals surface area contributed by atoms with Gasteiger partial charge in [-0.3, -0.25) is 14.2 Å². The molecule has 1 N–H and O–H groups in total. The molecule has 4 heterocycles. The van der Waals surface area contributed by atoms with E-state index in [4.69, 9.17) is 9.84 Å². The summed E-state index contributed by atoms with van der Waals surface area (Å²) in [5.74, 6) is 0.264. The maximum Gasteiger partial charge on any atom is 0.219 e. The van der Waals surface area contributed by atoms with E-state index in [1.807, 2.05) is 24.7 Å². The van der Waals surface area contributed by atoms with Crippen LogP contribution in [0.15, 0.2) is 24.4 Å². The van der Waals surface area contributed by atoms with Crippen molar-refractivity contribution in [2.75, 3.05) is 25.1 Å². The van der Waals surface area contributed by atoms with E-state index < -0.39 is 0 Å². The molecular formula is C23H27FN6O2. The molecule has 1 aromatic carbocycles. The van der Waals surface area contributed by atoms with Crippen LogP contribution in [-0.4, -0.2) is 50.1 Å². The standard InChI is InChI=1S/C23H27FN6O2/c1-14-18(11-25-28(14)3)16-4-5-21(20(24)10-16)26-23-19-12-29(15(2)31)8-6-22(19)30(27-23)17-7-9-32-13-17/h4-5,10-11,17H,6-9,12-13H2,1-3H3,(H,26,27)/t17-/m1/s1. The molecule has 1 amide bonds. The minimum Gasteiger partial charge on any atom is -0.379 e. The molecule has 0 spiro atoms. The van der Waals surface area contributed by atoms with Crippen LogP contribution in [0.1, 0.15) is 36.3 Å². The van der Waals surface area contributed by atoms with Crippen LogP contribution in [0.4, 0.5) is 15.9 Å². The van der Waals surface area contributed by atoms with Gasteiger partial charge in [-0.15, -0.1) is 0 Å². The lowest BCUT2D eigenvalue weighted by Crippen LogP contribution is -2.35. The van der Waals surface area contributed by atoms with E-state index >= 15 is 4.39 Å². The minimum absolute atomic E-state index is 0.0286. The molecule has 2 aliphatic heterocycles. The zero-order chi connectivity index (χ0) is 22.4. The quantitative estimate of drug-likeness (QED) is 0.676. The van der Waals surface area contributed by atoms with Crippen molar-refractivity contribution >= 4 is 17.4 Å². The van der Waals surface area contributed by atoms with E-state index in [9.17, 15) is 4.79 Å². The van der Waals surface area contributed by atoms with Crippen LogP contribution in [0.25, 0.3) is 11.1 Å². The van der Waals surface area contributed by atoms with Gasteiger partial charge in [-0.2, -0.15) is 10.2 Å². The van der Waals surface area contributed by atoms with E-state index in [0.717, 1.165) is 40.9 Å². The number of halogens is 1. The second-order valence-electron chi connectivity index (χ2n) is 8.51. The fourth-order valence-corrected chi connectivity index (χ4v) is 4.53. The maximum atomic E-state index is 15.1. The number of aryl methyl sites for hydroxylation is 1. The van der Waals surface area contributed by atoms with Gasteiger partial charge in [0.05, 0.1) is 31.1 Å². The number of ether oxygens (including phenoxy) is 1. The Balaban J connectivity index is 1.48. The van der Waals surface area contributed by atoms with Crippen molar-refractivity contribution in [1.82, 2.24) is 24.5 Å². The van der Waals surface area contributed by atoms with Gasteiger partial charge in [-0.25, -0.2) is 4.39 Å². The fourth-order valence-electron chi connectivity index (χ4n) is 4.53. The molecule has 0 bridgehead atoms. The number of hydrogen-bond acceptors (Lipinski definition) is 5. The number of amides is 1. The van der Waals surface area contributed by atoms with Gasteiger partial charge in [0.25, 0.3) is 0 Å². The van der Waals surface area contributed by atoms with Gasteiger partial charge in [0.15, 0.2) is 5.82 Å². The zero-order valence-corrected chi connectivity index (χ0v) is 18.6. The first kappa shape index (κ1) is 20.7. The largest absolute Gasteiger partial charge is 0.379 e. The second-order valence-corrected chi connectivity index (χ2v) is 8.51. The van der Waals surface area contributed by atoms with Crippen molar-refractivity contribution in [2.45, 2.75) is 39.3 Å². The Labute approximate surface area is 186 Å². The van der Waals surface area contributed by atoms with Crippen molar-refractivity contribution in [1.29, 1.82) is 0 Å². The molecule has 0 saturated carbocycles. The van der Waals surface area contributed by atoms with Crippen LogP contribution in [0.2, 0.25) is 0 Å². The van der Waals surface area contributed by atoms with Gasteiger partial charge >= 0.3 is 0 Å². The lowest BCUT2D eigenvalue weighted by molar-refractivity contribution is -0.129. The Kier molecular flexibility index (Phi) is 5.21. The van der Waals surface area contributed by atoms with Gasteiger partial charge in [-0.1, -0.05) is 6.07 Å². The fraction of sp³-hybridized carbons (Fsp3) is 0.435. The molecule has 0 aliphatic carbocycles. The Morgan fingerprint density at radius 2 is 2.19 bits per heavy atom. The molecule has 5 rings (SSSR count). The van der Waals surface area contributed by atoms with Crippen LogP contribution >= 0.6 is 0 Å². The summed E-state index contributed by atoms with van der Waals surface area (Å²) < 4.78 is 24.4. The zero-order valence-electron chi connectivity index (χ0n) is 18.6. The smallest absolute Gasteiger partial charge is 0.219 e. The first-order valence-corrected chi connectivity index (χ1v) is 10.9. The number of rotatable bonds is 4. The van der Waals surface area contributed by atoms with Gasteiger partial charge in [0, 0.05) is 56.1 Å². The minimum atomic E-state index is -0.363. The number of carbonyl (C=O) groups is 1. The predicted molar refractivity (Wildman–Crippen MR) is 118 cm³/mol. The number of anilines is 2. The number of nitrogens with one attached hydrogen (secondary N) is 1. The van der Waals surface area contributed by atoms with Crippen LogP contribution in [0.3, 0.4) is 0 Å². The SMILES string of the molecule is CC(=O)N1CCc2c(c(Nc3ccc(-c4cnn(C)c4C)cc3F)nn2[C@@H]2CCOC2)C1. The van der Waals surface area contributed by atoms with Crippen molar-refractivity contribution < 1.29 is 13.9 Å². The number of aromatic nitrogens is 4. The highest BCUT2D eigenvalue weighted by molar-refractivity contribution is 5.74. The van der Waals surface area contributed by atoms with Crippen LogP contribution in [-0.2, 0) is 29.5 Å². The van der Waals surface area contributed by atoms with Crippen LogP contribution < -0.4 is 5.32 Å². The average molecular weight is 439 g/mol. The summed E-state index contributed by atoms with van der Waals surface area (Å²) in [6.45, 7) is 6.00. The van der Waals surface area contributed by atoms with Crippen LogP contribution in [0, 0.1) is 12.7 Å². The van der Waals surface area contributed by atoms with Gasteiger partial charge in [-0.05, 0) is 31.0 Å². The molecule has 9 heteroatoms. The van der Waals surface area contributed by atoms with Crippen molar-refractivity contribution in [3.05, 3.63) is 47.2 Å². The number of fused-ring (bicyclic) bond motifs is 1. The third-order valence-electron chi connectivity index (χ3n) is 6.55. The lowest BCUT2D eigenvalue weighted by atomic mass is 10.1. The lowest BCUT2D eigenvalue weighted by Gasteiger charge is -2.27. The second kappa shape index (κ2) is 8.05. The Morgan fingerprint density at radius 1 is 1.34 bits per heavy atom. The number of benzene rings is 1. The Hall–Kier alpha value is -3.20. The topological polar surface area (TPSA) is 77.2 Å². The van der Waals surface area contributed by atoms with Gasteiger partial charge in [0.1, 0.15) is 5.82 Å². The summed E-state index contributed by atoms with van der Waals surface area (Å²) in [7, 11) is 1.87. The average Bonchev–Trinajstić information content (AvgIpc) is 3.50. The Morgan fingerprint density at radius 3 is 2.84 bits per heavy atom. The molecule has 0 unspecified atom stereocenters. The first-order valence-electron chi connectivity index (χ1n) is 10.9. The summed E-state index contributed by atoms with van der Waals surface area (Å²) in [6.07, 6.45) is 3.37. The van der Waals surface area contributed by atoms with Gasteiger partial charge in [0.2, 0.25) is 5.91 Å². The molecule has 32 heavy (non-hydrogen) atoms. The molecule has 0 radical (unpaired) electrons. The summed E-state index contributed by atoms with van der Waals surface area (Å²) in [4.78, 5) is 13.8. The normalized spacial score (nSPS) is 18.1. The maximum absolute atomic E-state index is 15.1. The highest BCUT2D eigenvalue weighted by Gasteiger charge is 2.30. The van der Waals surface area contributed by atoms with E-state index in [-0.39, 0.29) is 17.8 Å². The monoisotopic (exact) mass is 438 g/mol.